The molecule has 2 N–H and O–H groups in total. The zero-order chi connectivity index (χ0) is 33.5. The molecular weight excluding hydrogens is 594 g/mol. The Hall–Kier alpha value is -4.46. The fraction of sp³-hybridized carbons (Fsp3) is 0.459. The number of rotatable bonds is 11. The number of nitrogens with one attached hydrogen (secondary N) is 2. The molecule has 0 atom stereocenters. The lowest BCUT2D eigenvalue weighted by molar-refractivity contribution is -0.122. The summed E-state index contributed by atoms with van der Waals surface area (Å²) in [5, 5.41) is 13.0. The summed E-state index contributed by atoms with van der Waals surface area (Å²) in [7, 11) is 0. The molecule has 0 bridgehead atoms. The summed E-state index contributed by atoms with van der Waals surface area (Å²) in [4.78, 5) is 47.1. The molecular formula is C37H45N5O5. The molecule has 1 aliphatic carbocycles. The molecule has 2 amide bonds. The topological polar surface area (TPSA) is 128 Å². The second kappa shape index (κ2) is 15.4. The first-order valence-corrected chi connectivity index (χ1v) is 16.6. The number of ether oxygens (including phenoxy) is 2. The third kappa shape index (κ3) is 7.92. The van der Waals surface area contributed by atoms with Crippen LogP contribution < -0.4 is 20.5 Å². The van der Waals surface area contributed by atoms with Gasteiger partial charge in [0.25, 0.3) is 11.5 Å². The van der Waals surface area contributed by atoms with Gasteiger partial charge in [-0.1, -0.05) is 18.9 Å². The highest BCUT2D eigenvalue weighted by atomic mass is 16.5. The van der Waals surface area contributed by atoms with Crippen molar-refractivity contribution in [1.82, 2.24) is 15.2 Å². The van der Waals surface area contributed by atoms with Crippen LogP contribution in [-0.4, -0.2) is 67.7 Å². The molecule has 1 saturated carbocycles. The summed E-state index contributed by atoms with van der Waals surface area (Å²) >= 11 is 0. The molecule has 1 saturated heterocycles. The van der Waals surface area contributed by atoms with Gasteiger partial charge in [0.1, 0.15) is 18.4 Å². The Kier molecular flexibility index (Phi) is 11.1. The van der Waals surface area contributed by atoms with Crippen LogP contribution in [0.25, 0.3) is 11.1 Å². The Morgan fingerprint density at radius 1 is 1.09 bits per heavy atom. The standard InChI is InChI=1S/C37H45N5O5/c1-5-42(37(45)27-8-6-7-9-27)33-21-29(20-31(26(33)4)35(43)39-23-32-24(2)18-25(3)40-36(32)44)28-10-11-34(30(19-28)22-38)47-17-14-41-12-15-46-16-13-41/h10-11,18-21,27H,5-9,12-17,23H2,1-4H3,(H,39,43)(H,40,44). The number of hydrogen-bond acceptors (Lipinski definition) is 7. The predicted molar refractivity (Wildman–Crippen MR) is 182 cm³/mol. The van der Waals surface area contributed by atoms with Crippen molar-refractivity contribution in [3.63, 3.8) is 0 Å². The van der Waals surface area contributed by atoms with E-state index in [1.807, 2.05) is 45.9 Å². The molecule has 10 nitrogen and oxygen atoms in total. The number of amides is 2. The van der Waals surface area contributed by atoms with E-state index in [4.69, 9.17) is 9.47 Å². The maximum atomic E-state index is 13.8. The lowest BCUT2D eigenvalue weighted by atomic mass is 9.95. The van der Waals surface area contributed by atoms with Gasteiger partial charge in [0, 0.05) is 61.1 Å². The average Bonchev–Trinajstić information content (AvgIpc) is 3.61. The number of H-pyrrole nitrogens is 1. The van der Waals surface area contributed by atoms with E-state index in [0.717, 1.165) is 62.1 Å². The van der Waals surface area contributed by atoms with Crippen molar-refractivity contribution in [3.8, 4) is 22.9 Å². The summed E-state index contributed by atoms with van der Waals surface area (Å²) in [5.74, 6) is 0.184. The van der Waals surface area contributed by atoms with Crippen molar-refractivity contribution in [3.05, 3.63) is 80.3 Å². The number of aromatic nitrogens is 1. The average molecular weight is 640 g/mol. The molecule has 10 heteroatoms. The largest absolute Gasteiger partial charge is 0.491 e. The number of nitriles is 1. The van der Waals surface area contributed by atoms with Crippen LogP contribution in [0.1, 0.15) is 70.9 Å². The minimum Gasteiger partial charge on any atom is -0.491 e. The number of pyridine rings is 1. The number of aromatic amines is 1. The highest BCUT2D eigenvalue weighted by Crippen LogP contribution is 2.36. The van der Waals surface area contributed by atoms with Crippen molar-refractivity contribution >= 4 is 17.5 Å². The predicted octanol–water partition coefficient (Wildman–Crippen LogP) is 5.02. The molecule has 5 rings (SSSR count). The van der Waals surface area contributed by atoms with Crippen LogP contribution in [0, 0.1) is 38.0 Å². The molecule has 0 radical (unpaired) electrons. The first-order chi connectivity index (χ1) is 22.7. The molecule has 2 aromatic carbocycles. The molecule has 248 valence electrons. The van der Waals surface area contributed by atoms with Crippen molar-refractivity contribution in [2.45, 2.75) is 59.9 Å². The van der Waals surface area contributed by atoms with E-state index in [1.54, 1.807) is 23.1 Å². The minimum atomic E-state index is -0.349. The molecule has 2 fully saturated rings. The first kappa shape index (κ1) is 33.9. The van der Waals surface area contributed by atoms with Crippen LogP contribution in [0.15, 0.2) is 41.2 Å². The van der Waals surface area contributed by atoms with Gasteiger partial charge >= 0.3 is 0 Å². The number of carbonyl (C=O) groups excluding carboxylic acids is 2. The molecule has 0 unspecified atom stereocenters. The van der Waals surface area contributed by atoms with Gasteiger partial charge in [-0.15, -0.1) is 0 Å². The summed E-state index contributed by atoms with van der Waals surface area (Å²) in [6, 6.07) is 13.3. The van der Waals surface area contributed by atoms with E-state index in [2.05, 4.69) is 21.3 Å². The molecule has 2 heterocycles. The summed E-state index contributed by atoms with van der Waals surface area (Å²) in [5.41, 5.74) is 5.39. The highest BCUT2D eigenvalue weighted by molar-refractivity contribution is 6.02. The van der Waals surface area contributed by atoms with Gasteiger partial charge in [-0.25, -0.2) is 0 Å². The molecule has 47 heavy (non-hydrogen) atoms. The molecule has 0 spiro atoms. The fourth-order valence-electron chi connectivity index (χ4n) is 6.62. The van der Waals surface area contributed by atoms with Gasteiger partial charge in [0.15, 0.2) is 0 Å². The van der Waals surface area contributed by atoms with Crippen LogP contribution in [0.3, 0.4) is 0 Å². The lowest BCUT2D eigenvalue weighted by Crippen LogP contribution is -2.38. The molecule has 2 aliphatic rings. The Morgan fingerprint density at radius 3 is 2.51 bits per heavy atom. The Bertz CT molecular complexity index is 1710. The van der Waals surface area contributed by atoms with E-state index < -0.39 is 0 Å². The Labute approximate surface area is 276 Å². The van der Waals surface area contributed by atoms with Gasteiger partial charge in [-0.2, -0.15) is 5.26 Å². The number of morpholine rings is 1. The Balaban J connectivity index is 1.47. The molecule has 1 aromatic heterocycles. The van der Waals surface area contributed by atoms with Crippen molar-refractivity contribution in [2.75, 3.05) is 50.9 Å². The van der Waals surface area contributed by atoms with Gasteiger partial charge < -0.3 is 24.7 Å². The number of benzene rings is 2. The summed E-state index contributed by atoms with van der Waals surface area (Å²) in [6.07, 6.45) is 3.81. The maximum absolute atomic E-state index is 13.8. The summed E-state index contributed by atoms with van der Waals surface area (Å²) < 4.78 is 11.4. The van der Waals surface area contributed by atoms with Gasteiger partial charge in [0.2, 0.25) is 5.91 Å². The highest BCUT2D eigenvalue weighted by Gasteiger charge is 2.29. The van der Waals surface area contributed by atoms with Crippen LogP contribution in [-0.2, 0) is 16.1 Å². The zero-order valence-electron chi connectivity index (χ0n) is 27.9. The normalized spacial score (nSPS) is 15.3. The monoisotopic (exact) mass is 639 g/mol. The second-order valence-corrected chi connectivity index (χ2v) is 12.5. The van der Waals surface area contributed by atoms with Crippen molar-refractivity contribution in [1.29, 1.82) is 5.26 Å². The van der Waals surface area contributed by atoms with E-state index in [1.165, 1.54) is 0 Å². The SMILES string of the molecule is CCN(C(=O)C1CCCC1)c1cc(-c2ccc(OCCN3CCOCC3)c(C#N)c2)cc(C(=O)NCc2c(C)cc(C)[nH]c2=O)c1C. The Morgan fingerprint density at radius 2 is 1.83 bits per heavy atom. The number of hydrogen-bond donors (Lipinski definition) is 2. The van der Waals surface area contributed by atoms with Crippen LogP contribution in [0.5, 0.6) is 5.75 Å². The number of carbonyl (C=O) groups is 2. The van der Waals surface area contributed by atoms with Crippen molar-refractivity contribution in [2.24, 2.45) is 5.92 Å². The van der Waals surface area contributed by atoms with Crippen LogP contribution >= 0.6 is 0 Å². The van der Waals surface area contributed by atoms with Crippen LogP contribution in [0.2, 0.25) is 0 Å². The third-order valence-corrected chi connectivity index (χ3v) is 9.32. The zero-order valence-corrected chi connectivity index (χ0v) is 27.9. The number of aryl methyl sites for hydroxylation is 2. The second-order valence-electron chi connectivity index (χ2n) is 12.5. The van der Waals surface area contributed by atoms with E-state index in [9.17, 15) is 19.6 Å². The van der Waals surface area contributed by atoms with Gasteiger partial charge in [-0.05, 0) is 93.1 Å². The van der Waals surface area contributed by atoms with E-state index >= 15 is 0 Å². The lowest BCUT2D eigenvalue weighted by Gasteiger charge is -2.28. The quantitative estimate of drug-likeness (QED) is 0.302. The van der Waals surface area contributed by atoms with Gasteiger partial charge in [-0.3, -0.25) is 19.3 Å². The summed E-state index contributed by atoms with van der Waals surface area (Å²) in [6.45, 7) is 12.3. The number of anilines is 1. The first-order valence-electron chi connectivity index (χ1n) is 16.6. The maximum Gasteiger partial charge on any atom is 0.253 e. The van der Waals surface area contributed by atoms with Crippen molar-refractivity contribution < 1.29 is 19.1 Å². The third-order valence-electron chi connectivity index (χ3n) is 9.32. The van der Waals surface area contributed by atoms with E-state index in [0.29, 0.717) is 65.6 Å². The molecule has 3 aromatic rings. The minimum absolute atomic E-state index is 0.0365. The van der Waals surface area contributed by atoms with Crippen LogP contribution in [0.4, 0.5) is 5.69 Å². The van der Waals surface area contributed by atoms with E-state index in [-0.39, 0.29) is 29.8 Å². The van der Waals surface area contributed by atoms with Gasteiger partial charge in [0.05, 0.1) is 18.8 Å². The smallest absolute Gasteiger partial charge is 0.253 e. The molecule has 1 aliphatic heterocycles. The fourth-order valence-corrected chi connectivity index (χ4v) is 6.62. The number of nitrogens with zero attached hydrogens (tertiary/aromatic N) is 3.